The van der Waals surface area contributed by atoms with Crippen molar-refractivity contribution in [2.75, 3.05) is 0 Å². The number of esters is 4. The molecule has 0 amide bonds. The summed E-state index contributed by atoms with van der Waals surface area (Å²) < 4.78 is 45.8. The van der Waals surface area contributed by atoms with Crippen molar-refractivity contribution in [1.29, 1.82) is 0 Å². The summed E-state index contributed by atoms with van der Waals surface area (Å²) >= 11 is 3.03. The molecule has 4 aromatic heterocycles. The highest BCUT2D eigenvalue weighted by molar-refractivity contribution is 7.10. The Morgan fingerprint density at radius 2 is 0.707 bits per heavy atom. The molecular formula is C108H158N6O24S2. The molecule has 0 aromatic carbocycles. The molecule has 6 aliphatic heterocycles. The summed E-state index contributed by atoms with van der Waals surface area (Å²) in [5.41, 5.74) is 13.6. The average molecular weight is 1990 g/mol. The number of allylic oxidation sites excluding steroid dienone is 4. The van der Waals surface area contributed by atoms with Gasteiger partial charge in [0.05, 0.1) is 143 Å². The third-order valence-electron chi connectivity index (χ3n) is 28.5. The molecule has 4 unspecified atom stereocenters. The molecule has 0 spiro atoms. The lowest BCUT2D eigenvalue weighted by Crippen LogP contribution is -2.45. The van der Waals surface area contributed by atoms with E-state index >= 15 is 0 Å². The van der Waals surface area contributed by atoms with Crippen molar-refractivity contribution in [1.82, 2.24) is 19.9 Å². The number of thiazole rings is 2. The Kier molecular flexibility index (Phi) is 43.5. The lowest BCUT2D eigenvalue weighted by molar-refractivity contribution is -0.156. The van der Waals surface area contributed by atoms with E-state index in [2.05, 4.69) is 19.9 Å². The number of Topliss-reactive ketones (excluding diaryl/α,β-unsaturated/α-hetero) is 4. The maximum atomic E-state index is 13.2. The molecule has 0 saturated carbocycles. The molecule has 776 valence electrons. The second-order valence-electron chi connectivity index (χ2n) is 42.0. The van der Waals surface area contributed by atoms with Gasteiger partial charge in [0, 0.05) is 97.3 Å². The molecule has 10 rings (SSSR count). The molecule has 0 bridgehead atoms. The number of hydrogen-bond acceptors (Lipinski definition) is 32. The van der Waals surface area contributed by atoms with Crippen LogP contribution < -0.4 is 11.5 Å². The normalized spacial score (nSPS) is 34.9. The van der Waals surface area contributed by atoms with E-state index in [1.54, 1.807) is 113 Å². The van der Waals surface area contributed by atoms with Crippen LogP contribution in [0.3, 0.4) is 0 Å². The second kappa shape index (κ2) is 51.6. The number of fused-ring (bicyclic) bond motifs is 2. The molecule has 4 aromatic rings. The van der Waals surface area contributed by atoms with E-state index in [0.717, 1.165) is 54.8 Å². The fourth-order valence-corrected chi connectivity index (χ4v) is 18.7. The molecule has 2 fully saturated rings. The predicted molar refractivity (Wildman–Crippen MR) is 539 cm³/mol. The highest BCUT2D eigenvalue weighted by Gasteiger charge is 2.55. The summed E-state index contributed by atoms with van der Waals surface area (Å²) in [5, 5.41) is 91.9. The van der Waals surface area contributed by atoms with E-state index in [1.165, 1.54) is 23.9 Å². The van der Waals surface area contributed by atoms with E-state index in [0.29, 0.717) is 81.1 Å². The largest absolute Gasteiger partial charge is 0.458 e. The van der Waals surface area contributed by atoms with Gasteiger partial charge in [0.2, 0.25) is 5.89 Å². The monoisotopic (exact) mass is 1990 g/mol. The summed E-state index contributed by atoms with van der Waals surface area (Å²) in [5.74, 6) is -6.45. The summed E-state index contributed by atoms with van der Waals surface area (Å²) in [6, 6.07) is 0. The smallest absolute Gasteiger partial charge is 0.309 e. The van der Waals surface area contributed by atoms with Crippen LogP contribution in [0.25, 0.3) is 24.3 Å². The van der Waals surface area contributed by atoms with Crippen LogP contribution in [0.1, 0.15) is 288 Å². The van der Waals surface area contributed by atoms with Crippen LogP contribution in [0, 0.1) is 82.9 Å². The van der Waals surface area contributed by atoms with Gasteiger partial charge in [-0.25, -0.2) is 19.9 Å². The third-order valence-corrected chi connectivity index (χ3v) is 30.2. The molecule has 2 saturated heterocycles. The molecule has 32 heteroatoms. The number of nitrogens with zero attached hydrogens (tertiary/aromatic N) is 4. The maximum absolute atomic E-state index is 13.2. The van der Waals surface area contributed by atoms with Gasteiger partial charge in [-0.1, -0.05) is 183 Å². The molecule has 0 radical (unpaired) electrons. The van der Waals surface area contributed by atoms with Crippen LogP contribution in [-0.2, 0) is 79.9 Å². The first-order valence-corrected chi connectivity index (χ1v) is 50.6. The maximum Gasteiger partial charge on any atom is 0.309 e. The number of aryl methyl sites for hydroxylation is 2. The summed E-state index contributed by atoms with van der Waals surface area (Å²) in [7, 11) is 0. The highest BCUT2D eigenvalue weighted by atomic mass is 32.1. The predicted octanol–water partition coefficient (Wildman–Crippen LogP) is 16.0. The van der Waals surface area contributed by atoms with Crippen molar-refractivity contribution in [2.24, 2.45) is 80.5 Å². The van der Waals surface area contributed by atoms with Crippen molar-refractivity contribution in [3.63, 3.8) is 0 Å². The van der Waals surface area contributed by atoms with Gasteiger partial charge in [-0.3, -0.25) is 38.4 Å². The highest BCUT2D eigenvalue weighted by Crippen LogP contribution is 2.47. The number of hydrogen-bond donors (Lipinski definition) is 10. The van der Waals surface area contributed by atoms with Crippen LogP contribution in [-0.4, -0.2) is 204 Å². The van der Waals surface area contributed by atoms with E-state index in [4.69, 9.17) is 48.7 Å². The Morgan fingerprint density at radius 1 is 0.400 bits per heavy atom. The minimum atomic E-state index is -1.26. The average Bonchev–Trinajstić information content (AvgIpc) is 1.61. The SMILES string of the molecule is C/C(=C\c1coc(C)n1)[C@@H]1CC2OC2(C)C/C=C/[C@H](C)[C@H](O)[C@@H](C)C(=O)C(C)(C)[C@@H](O)CC(=O)O1.C/C(=C\c1csc(C)n1)[C@@H]1CC2OC2(C)C/C=C/[C@H](C)[C@H](O)[C@@H](C)C(=O)C(C)(C)[C@@H](O)CC(=O)O1.C/C1=C/C[C@@H](/C(C)=C/c2coc(CN)n2)OC(=O)C[C@H](O)C(C)(C)C(=O)[C@H](C)[C@@H](O)[C@@H](C)/C=C/C1.C/C1=C/C[C@@H](/C(C)=C/c2csc(CN)n2)OC(=O)C[C@H](O)C(C)(C)C(=O)[C@H](C)[C@@H](O)[C@@H](C)/C=C/C1. The third kappa shape index (κ3) is 33.1. The van der Waals surface area contributed by atoms with Crippen LogP contribution >= 0.6 is 22.7 Å². The quantitative estimate of drug-likeness (QED) is 0.0305. The van der Waals surface area contributed by atoms with E-state index in [1.807, 2.05) is 174 Å². The molecule has 0 aliphatic carbocycles. The number of rotatable bonds is 10. The lowest BCUT2D eigenvalue weighted by Gasteiger charge is -2.34. The first-order chi connectivity index (χ1) is 65.2. The van der Waals surface area contributed by atoms with Gasteiger partial charge in [-0.2, -0.15) is 0 Å². The van der Waals surface area contributed by atoms with Crippen molar-refractivity contribution >= 4 is 94.0 Å². The molecule has 12 N–H and O–H groups in total. The molecular weight excluding hydrogens is 1830 g/mol. The van der Waals surface area contributed by atoms with Gasteiger partial charge in [0.1, 0.15) is 76.5 Å². The Balaban J connectivity index is 0.000000254. The second-order valence-corrected chi connectivity index (χ2v) is 44.0. The Labute approximate surface area is 834 Å². The van der Waals surface area contributed by atoms with E-state index < -0.39 is 148 Å². The standard InChI is InChI=1S/C27H40N2O6.C27H40N2O5S.C27H39NO7.C27H39NO6S/c1-16-8-7-9-17(2)25(32)19(4)26(33)27(5,6)22(30)13-24(31)35-21(11-10-16)18(3)12-20-15-34-23(14-28)29-20;1-16-8-7-9-17(2)25(32)19(4)26(33)27(5,6)22(30)13-24(31)34-21(11-10-16)18(3)12-20-15-35-23(14-28)29-20;1-15-9-8-10-27(7)22(35-27)12-20(16(2)11-19-14-33-18(4)28-19)34-23(30)13-21(29)26(5,6)25(32)17(3)24(15)31;1-15-9-8-10-27(7)22(34-27)12-20(16(2)11-19-14-35-18(4)28-19)33-23(30)13-21(29)26(5,6)25(32)17(3)24(15)31/h2*7,9-10,12,15,17,19,21-22,25,30,32H,8,11,13-14,28H2,1-6H3;2*8-9,11,14-15,17,20-22,24,29,31H,10,12-13H2,1-7H3/b2*9-7+,16-10-,18-12+;2*9-8+,16-11+/t2*17-,19+,21-,22-,25-;2*15-,17+,20-,21-,22?,24-,27?/m0000/s1. The number of ketones is 4. The van der Waals surface area contributed by atoms with Crippen molar-refractivity contribution in [3.8, 4) is 0 Å². The number of carbonyl (C=O) groups excluding carboxylic acids is 8. The first-order valence-electron chi connectivity index (χ1n) is 48.8. The lowest BCUT2D eigenvalue weighted by atomic mass is 9.73. The number of ether oxygens (including phenoxy) is 6. The number of aliphatic hydroxyl groups excluding tert-OH is 8. The van der Waals surface area contributed by atoms with Gasteiger partial charge < -0.3 is 89.6 Å². The number of oxazole rings is 2. The van der Waals surface area contributed by atoms with Crippen LogP contribution in [0.5, 0.6) is 0 Å². The topological polar surface area (TPSA) is 490 Å². The summed E-state index contributed by atoms with van der Waals surface area (Å²) in [4.78, 5) is 122. The van der Waals surface area contributed by atoms with Gasteiger partial charge in [0.15, 0.2) is 5.89 Å². The first kappa shape index (κ1) is 118. The van der Waals surface area contributed by atoms with Gasteiger partial charge >= 0.3 is 23.9 Å². The number of aromatic nitrogens is 4. The van der Waals surface area contributed by atoms with Crippen molar-refractivity contribution in [2.45, 2.75) is 367 Å². The number of carbonyl (C=O) groups is 8. The zero-order chi connectivity index (χ0) is 105. The van der Waals surface area contributed by atoms with Crippen LogP contribution in [0.4, 0.5) is 0 Å². The fourth-order valence-electron chi connectivity index (χ4n) is 17.5. The van der Waals surface area contributed by atoms with Gasteiger partial charge in [-0.15, -0.1) is 22.7 Å². The number of aliphatic hydroxyl groups is 8. The van der Waals surface area contributed by atoms with Crippen LogP contribution in [0.15, 0.2) is 126 Å². The molecule has 24 atom stereocenters. The number of cyclic esters (lactones) is 4. The molecule has 10 heterocycles. The molecule has 30 nitrogen and oxygen atoms in total. The van der Waals surface area contributed by atoms with Crippen molar-refractivity contribution in [3.05, 3.63) is 162 Å². The van der Waals surface area contributed by atoms with E-state index in [9.17, 15) is 79.2 Å². The van der Waals surface area contributed by atoms with Crippen molar-refractivity contribution < 1.29 is 116 Å². The fraction of sp³-hybridized carbons (Fsp3) is 0.630. The minimum Gasteiger partial charge on any atom is -0.458 e. The van der Waals surface area contributed by atoms with Gasteiger partial charge in [0.25, 0.3) is 0 Å². The summed E-state index contributed by atoms with van der Waals surface area (Å²) in [6.45, 7) is 46.6. The molecule has 6 aliphatic rings. The number of epoxide rings is 2. The number of nitrogens with two attached hydrogens (primary N) is 2. The Hall–Kier alpha value is -8.84. The van der Waals surface area contributed by atoms with Gasteiger partial charge in [-0.05, 0) is 135 Å². The minimum absolute atomic E-state index is 0.0968. The Morgan fingerprint density at radius 3 is 1.01 bits per heavy atom. The zero-order valence-electron chi connectivity index (χ0n) is 86.9. The zero-order valence-corrected chi connectivity index (χ0v) is 88.5. The Bertz CT molecular complexity index is 4890. The summed E-state index contributed by atoms with van der Waals surface area (Å²) in [6.07, 6.45) is 22.0. The van der Waals surface area contributed by atoms with E-state index in [-0.39, 0.29) is 96.8 Å². The van der Waals surface area contributed by atoms with Crippen LogP contribution in [0.2, 0.25) is 0 Å². The molecule has 140 heavy (non-hydrogen) atoms.